The van der Waals surface area contributed by atoms with Gasteiger partial charge in [0.15, 0.2) is 0 Å². The second kappa shape index (κ2) is 6.52. The maximum atomic E-state index is 12.8. The first-order valence-corrected chi connectivity index (χ1v) is 8.36. The molecule has 24 heavy (non-hydrogen) atoms. The predicted octanol–water partition coefficient (Wildman–Crippen LogP) is 1.79. The number of anilines is 3. The van der Waals surface area contributed by atoms with Crippen molar-refractivity contribution in [3.8, 4) is 0 Å². The molecule has 1 amide bonds. The lowest BCUT2D eigenvalue weighted by atomic mass is 10.1. The largest absolute Gasteiger partial charge is 0.378 e. The van der Waals surface area contributed by atoms with Crippen LogP contribution in [0.2, 0.25) is 0 Å². The van der Waals surface area contributed by atoms with Gasteiger partial charge in [0.2, 0.25) is 0 Å². The van der Waals surface area contributed by atoms with Crippen molar-refractivity contribution in [3.63, 3.8) is 0 Å². The van der Waals surface area contributed by atoms with Gasteiger partial charge in [-0.1, -0.05) is 12.1 Å². The number of nitrogens with zero attached hydrogens (tertiary/aromatic N) is 3. The van der Waals surface area contributed by atoms with E-state index in [9.17, 15) is 4.79 Å². The van der Waals surface area contributed by atoms with Crippen LogP contribution in [0.25, 0.3) is 0 Å². The monoisotopic (exact) mass is 327 g/mol. The van der Waals surface area contributed by atoms with Crippen LogP contribution < -0.4 is 15.5 Å². The number of morpholine rings is 1. The summed E-state index contributed by atoms with van der Waals surface area (Å²) in [7, 11) is 0. The highest BCUT2D eigenvalue weighted by atomic mass is 16.5. The standard InChI is InChI=1S/C17H21N5O2/c23-17(20-14-12-19-22-7-3-6-18-16(14)22)13-4-1-2-5-15(13)21-8-10-24-11-9-21/h1-2,4-5,12,18H,3,6-11H2,(H,20,23). The van der Waals surface area contributed by atoms with E-state index in [1.807, 2.05) is 28.9 Å². The van der Waals surface area contributed by atoms with E-state index in [-0.39, 0.29) is 5.91 Å². The van der Waals surface area contributed by atoms with Crippen molar-refractivity contribution < 1.29 is 9.53 Å². The molecule has 0 unspecified atom stereocenters. The molecule has 3 heterocycles. The fourth-order valence-electron chi connectivity index (χ4n) is 3.20. The molecule has 0 spiro atoms. The van der Waals surface area contributed by atoms with Crippen LogP contribution in [0.15, 0.2) is 30.5 Å². The fourth-order valence-corrected chi connectivity index (χ4v) is 3.20. The number of amides is 1. The summed E-state index contributed by atoms with van der Waals surface area (Å²) in [5.74, 6) is 0.777. The van der Waals surface area contributed by atoms with Gasteiger partial charge in [-0.3, -0.25) is 4.79 Å². The number of rotatable bonds is 3. The van der Waals surface area contributed by atoms with Crippen molar-refractivity contribution in [2.75, 3.05) is 48.4 Å². The van der Waals surface area contributed by atoms with E-state index in [2.05, 4.69) is 20.6 Å². The maximum Gasteiger partial charge on any atom is 0.257 e. The first kappa shape index (κ1) is 15.0. The highest BCUT2D eigenvalue weighted by molar-refractivity contribution is 6.09. The molecule has 1 saturated heterocycles. The minimum Gasteiger partial charge on any atom is -0.378 e. The van der Waals surface area contributed by atoms with Crippen LogP contribution in [0.3, 0.4) is 0 Å². The molecule has 7 heteroatoms. The lowest BCUT2D eigenvalue weighted by molar-refractivity contribution is 0.102. The summed E-state index contributed by atoms with van der Waals surface area (Å²) in [6.07, 6.45) is 2.75. The molecule has 1 aromatic carbocycles. The number of carbonyl (C=O) groups excluding carboxylic acids is 1. The number of ether oxygens (including phenoxy) is 1. The Morgan fingerprint density at radius 3 is 2.92 bits per heavy atom. The van der Waals surface area contributed by atoms with Crippen molar-refractivity contribution in [1.82, 2.24) is 9.78 Å². The molecule has 0 aliphatic carbocycles. The van der Waals surface area contributed by atoms with E-state index < -0.39 is 0 Å². The van der Waals surface area contributed by atoms with Crippen molar-refractivity contribution in [1.29, 1.82) is 0 Å². The number of carbonyl (C=O) groups is 1. The van der Waals surface area contributed by atoms with Gasteiger partial charge in [-0.05, 0) is 18.6 Å². The summed E-state index contributed by atoms with van der Waals surface area (Å²) in [5.41, 5.74) is 2.36. The molecule has 0 atom stereocenters. The van der Waals surface area contributed by atoms with Gasteiger partial charge in [-0.25, -0.2) is 4.68 Å². The zero-order chi connectivity index (χ0) is 16.4. The Morgan fingerprint density at radius 2 is 2.04 bits per heavy atom. The quantitative estimate of drug-likeness (QED) is 0.899. The number of para-hydroxylation sites is 1. The second-order valence-corrected chi connectivity index (χ2v) is 5.98. The average Bonchev–Trinajstić information content (AvgIpc) is 3.05. The van der Waals surface area contributed by atoms with E-state index in [1.54, 1.807) is 6.20 Å². The highest BCUT2D eigenvalue weighted by Gasteiger charge is 2.21. The van der Waals surface area contributed by atoms with E-state index in [0.29, 0.717) is 18.8 Å². The highest BCUT2D eigenvalue weighted by Crippen LogP contribution is 2.27. The van der Waals surface area contributed by atoms with Crippen molar-refractivity contribution >= 4 is 23.1 Å². The lowest BCUT2D eigenvalue weighted by Crippen LogP contribution is -2.37. The number of benzene rings is 1. The zero-order valence-corrected chi connectivity index (χ0v) is 13.5. The van der Waals surface area contributed by atoms with Crippen molar-refractivity contribution in [3.05, 3.63) is 36.0 Å². The molecule has 1 aromatic heterocycles. The summed E-state index contributed by atoms with van der Waals surface area (Å²) in [6, 6.07) is 7.71. The van der Waals surface area contributed by atoms with Crippen LogP contribution in [-0.4, -0.2) is 48.5 Å². The van der Waals surface area contributed by atoms with E-state index in [0.717, 1.165) is 49.8 Å². The number of hydrogen-bond acceptors (Lipinski definition) is 5. The first-order valence-electron chi connectivity index (χ1n) is 8.36. The minimum atomic E-state index is -0.111. The van der Waals surface area contributed by atoms with Crippen LogP contribution in [0.1, 0.15) is 16.8 Å². The van der Waals surface area contributed by atoms with Gasteiger partial charge >= 0.3 is 0 Å². The molecule has 1 fully saturated rings. The first-order chi connectivity index (χ1) is 11.8. The normalized spacial score (nSPS) is 17.1. The van der Waals surface area contributed by atoms with Crippen molar-refractivity contribution in [2.45, 2.75) is 13.0 Å². The molecule has 4 rings (SSSR count). The average molecular weight is 327 g/mol. The summed E-state index contributed by atoms with van der Waals surface area (Å²) in [5, 5.41) is 10.6. The Labute approximate surface area is 140 Å². The van der Waals surface area contributed by atoms with Gasteiger partial charge in [-0.15, -0.1) is 0 Å². The topological polar surface area (TPSA) is 71.4 Å². The molecule has 2 aliphatic rings. The summed E-state index contributed by atoms with van der Waals surface area (Å²) in [6.45, 7) is 4.76. The molecule has 2 aliphatic heterocycles. The Kier molecular flexibility index (Phi) is 4.08. The Hall–Kier alpha value is -2.54. The summed E-state index contributed by atoms with van der Waals surface area (Å²) >= 11 is 0. The minimum absolute atomic E-state index is 0.111. The van der Waals surface area contributed by atoms with E-state index in [1.165, 1.54) is 0 Å². The van der Waals surface area contributed by atoms with Gasteiger partial charge in [0.25, 0.3) is 5.91 Å². The van der Waals surface area contributed by atoms with Crippen molar-refractivity contribution in [2.24, 2.45) is 0 Å². The fraction of sp³-hybridized carbons (Fsp3) is 0.412. The van der Waals surface area contributed by atoms with Gasteiger partial charge in [0, 0.05) is 31.9 Å². The molecule has 2 N–H and O–H groups in total. The Bertz CT molecular complexity index is 736. The summed E-state index contributed by atoms with van der Waals surface area (Å²) in [4.78, 5) is 15.0. The van der Waals surface area contributed by atoms with Crippen LogP contribution >= 0.6 is 0 Å². The third-order valence-corrected chi connectivity index (χ3v) is 4.43. The predicted molar refractivity (Wildman–Crippen MR) is 92.8 cm³/mol. The molecule has 0 bridgehead atoms. The zero-order valence-electron chi connectivity index (χ0n) is 13.5. The van der Waals surface area contributed by atoms with Crippen LogP contribution in [0.4, 0.5) is 17.2 Å². The summed E-state index contributed by atoms with van der Waals surface area (Å²) < 4.78 is 7.30. The van der Waals surface area contributed by atoms with Crippen LogP contribution in [0.5, 0.6) is 0 Å². The molecular formula is C17H21N5O2. The van der Waals surface area contributed by atoms with E-state index in [4.69, 9.17) is 4.74 Å². The number of hydrogen-bond donors (Lipinski definition) is 2. The van der Waals surface area contributed by atoms with Gasteiger partial charge in [-0.2, -0.15) is 5.10 Å². The number of aryl methyl sites for hydroxylation is 1. The molecular weight excluding hydrogens is 306 g/mol. The molecule has 0 saturated carbocycles. The van der Waals surface area contributed by atoms with Gasteiger partial charge in [0.05, 0.1) is 25.0 Å². The third-order valence-electron chi connectivity index (χ3n) is 4.43. The number of aromatic nitrogens is 2. The second-order valence-electron chi connectivity index (χ2n) is 5.98. The van der Waals surface area contributed by atoms with Crippen LogP contribution in [0, 0.1) is 0 Å². The van der Waals surface area contributed by atoms with Gasteiger partial charge < -0.3 is 20.3 Å². The molecule has 0 radical (unpaired) electrons. The number of fused-ring (bicyclic) bond motifs is 1. The molecule has 7 nitrogen and oxygen atoms in total. The van der Waals surface area contributed by atoms with E-state index >= 15 is 0 Å². The SMILES string of the molecule is O=C(Nc1cnn2c1NCCC2)c1ccccc1N1CCOCC1. The van der Waals surface area contributed by atoms with Crippen LogP contribution in [-0.2, 0) is 11.3 Å². The third kappa shape index (κ3) is 2.82. The lowest BCUT2D eigenvalue weighted by Gasteiger charge is -2.30. The molecule has 2 aromatic rings. The Balaban J connectivity index is 1.57. The van der Waals surface area contributed by atoms with Gasteiger partial charge in [0.1, 0.15) is 11.5 Å². The maximum absolute atomic E-state index is 12.8. The number of nitrogens with one attached hydrogen (secondary N) is 2. The molecule has 126 valence electrons. The Morgan fingerprint density at radius 1 is 1.21 bits per heavy atom. The smallest absolute Gasteiger partial charge is 0.257 e.